The lowest BCUT2D eigenvalue weighted by Crippen LogP contribution is -2.08. The van der Waals surface area contributed by atoms with Crippen LogP contribution in [0.4, 0.5) is 10.1 Å². The Kier molecular flexibility index (Phi) is 5.36. The molecule has 0 aromatic heterocycles. The molecule has 112 valence electrons. The standard InChI is InChI=1S/C15H13BrCl2FNO/c1-8(9-3-4-13(19)14(5-9)21-2)20-15-11(17)6-10(16)7-12(15)18/h3-8,20H,1-2H3. The predicted molar refractivity (Wildman–Crippen MR) is 89.2 cm³/mol. The normalized spacial score (nSPS) is 12.1. The van der Waals surface area contributed by atoms with Gasteiger partial charge in [0.15, 0.2) is 11.6 Å². The van der Waals surface area contributed by atoms with Crippen LogP contribution in [0.3, 0.4) is 0 Å². The summed E-state index contributed by atoms with van der Waals surface area (Å²) in [7, 11) is 1.43. The second kappa shape index (κ2) is 6.86. The van der Waals surface area contributed by atoms with Crippen molar-refractivity contribution in [2.45, 2.75) is 13.0 Å². The lowest BCUT2D eigenvalue weighted by molar-refractivity contribution is 0.385. The summed E-state index contributed by atoms with van der Waals surface area (Å²) in [6, 6.07) is 8.11. The van der Waals surface area contributed by atoms with E-state index in [-0.39, 0.29) is 11.8 Å². The van der Waals surface area contributed by atoms with Gasteiger partial charge in [-0.05, 0) is 36.8 Å². The van der Waals surface area contributed by atoms with Gasteiger partial charge in [0.05, 0.1) is 22.8 Å². The van der Waals surface area contributed by atoms with Crippen molar-refractivity contribution in [1.82, 2.24) is 0 Å². The van der Waals surface area contributed by atoms with E-state index in [4.69, 9.17) is 27.9 Å². The third-order valence-electron chi connectivity index (χ3n) is 3.04. The minimum atomic E-state index is -0.395. The molecule has 1 N–H and O–H groups in total. The molecule has 0 heterocycles. The van der Waals surface area contributed by atoms with Gasteiger partial charge in [0.1, 0.15) is 0 Å². The van der Waals surface area contributed by atoms with Crippen molar-refractivity contribution in [2.75, 3.05) is 12.4 Å². The van der Waals surface area contributed by atoms with Crippen LogP contribution < -0.4 is 10.1 Å². The van der Waals surface area contributed by atoms with E-state index in [0.29, 0.717) is 15.7 Å². The van der Waals surface area contributed by atoms with Crippen molar-refractivity contribution in [1.29, 1.82) is 0 Å². The Labute approximate surface area is 141 Å². The lowest BCUT2D eigenvalue weighted by atomic mass is 10.1. The Bertz CT molecular complexity index is 643. The summed E-state index contributed by atoms with van der Waals surface area (Å²) in [6.07, 6.45) is 0. The van der Waals surface area contributed by atoms with E-state index >= 15 is 0 Å². The van der Waals surface area contributed by atoms with Crippen LogP contribution in [0.25, 0.3) is 0 Å². The third-order valence-corrected chi connectivity index (χ3v) is 4.10. The molecule has 0 amide bonds. The highest BCUT2D eigenvalue weighted by Gasteiger charge is 2.14. The fourth-order valence-corrected chi connectivity index (χ4v) is 3.24. The minimum absolute atomic E-state index is 0.115. The van der Waals surface area contributed by atoms with Crippen molar-refractivity contribution in [3.63, 3.8) is 0 Å². The number of halogens is 4. The number of methoxy groups -OCH3 is 1. The van der Waals surface area contributed by atoms with Crippen LogP contribution in [0, 0.1) is 5.82 Å². The van der Waals surface area contributed by atoms with Crippen molar-refractivity contribution in [2.24, 2.45) is 0 Å². The molecule has 0 fully saturated rings. The van der Waals surface area contributed by atoms with Crippen molar-refractivity contribution in [3.05, 3.63) is 56.2 Å². The predicted octanol–water partition coefficient (Wildman–Crippen LogP) is 6.08. The van der Waals surface area contributed by atoms with Crippen LogP contribution in [0.15, 0.2) is 34.8 Å². The molecule has 2 aromatic carbocycles. The number of rotatable bonds is 4. The third kappa shape index (κ3) is 3.82. The van der Waals surface area contributed by atoms with E-state index in [1.807, 2.05) is 6.92 Å². The van der Waals surface area contributed by atoms with Crippen molar-refractivity contribution in [3.8, 4) is 5.75 Å². The number of benzene rings is 2. The number of hydrogen-bond acceptors (Lipinski definition) is 2. The molecule has 6 heteroatoms. The zero-order valence-corrected chi connectivity index (χ0v) is 14.5. The summed E-state index contributed by atoms with van der Waals surface area (Å²) in [5.41, 5.74) is 1.50. The van der Waals surface area contributed by atoms with Crippen LogP contribution in [-0.4, -0.2) is 7.11 Å². The Morgan fingerprint density at radius 3 is 2.38 bits per heavy atom. The molecule has 0 spiro atoms. The molecular formula is C15H13BrCl2FNO. The fourth-order valence-electron chi connectivity index (χ4n) is 1.93. The Morgan fingerprint density at radius 1 is 1.19 bits per heavy atom. The van der Waals surface area contributed by atoms with Gasteiger partial charge in [0.25, 0.3) is 0 Å². The fraction of sp³-hybridized carbons (Fsp3) is 0.200. The summed E-state index contributed by atoms with van der Waals surface area (Å²) in [5.74, 6) is -0.192. The van der Waals surface area contributed by atoms with Crippen LogP contribution in [0.5, 0.6) is 5.75 Å². The first-order chi connectivity index (χ1) is 9.92. The molecule has 0 saturated carbocycles. The van der Waals surface area contributed by atoms with Gasteiger partial charge in [-0.1, -0.05) is 45.2 Å². The maximum atomic E-state index is 13.4. The molecule has 2 nitrogen and oxygen atoms in total. The Hall–Kier alpha value is -0.970. The molecule has 21 heavy (non-hydrogen) atoms. The molecule has 1 unspecified atom stereocenters. The molecule has 2 aromatic rings. The second-order valence-corrected chi connectivity index (χ2v) is 6.23. The molecule has 0 aliphatic heterocycles. The van der Waals surface area contributed by atoms with E-state index in [9.17, 15) is 4.39 Å². The smallest absolute Gasteiger partial charge is 0.165 e. The van der Waals surface area contributed by atoms with Crippen molar-refractivity contribution < 1.29 is 9.13 Å². The highest BCUT2D eigenvalue weighted by Crippen LogP contribution is 2.36. The molecule has 0 radical (unpaired) electrons. The SMILES string of the molecule is COc1cc(C(C)Nc2c(Cl)cc(Br)cc2Cl)ccc1F. The second-order valence-electron chi connectivity index (χ2n) is 4.50. The first-order valence-corrected chi connectivity index (χ1v) is 7.71. The maximum absolute atomic E-state index is 13.4. The van der Waals surface area contributed by atoms with Gasteiger partial charge in [0.2, 0.25) is 0 Å². The average molecular weight is 393 g/mol. The summed E-state index contributed by atoms with van der Waals surface area (Å²) in [6.45, 7) is 1.93. The van der Waals surface area contributed by atoms with Gasteiger partial charge in [-0.3, -0.25) is 0 Å². The van der Waals surface area contributed by atoms with E-state index in [1.165, 1.54) is 13.2 Å². The number of nitrogens with one attached hydrogen (secondary N) is 1. The van der Waals surface area contributed by atoms with E-state index in [2.05, 4.69) is 21.2 Å². The van der Waals surface area contributed by atoms with Gasteiger partial charge in [-0.2, -0.15) is 0 Å². The lowest BCUT2D eigenvalue weighted by Gasteiger charge is -2.19. The van der Waals surface area contributed by atoms with Crippen LogP contribution in [0.2, 0.25) is 10.0 Å². The Morgan fingerprint density at radius 2 is 1.81 bits per heavy atom. The van der Waals surface area contributed by atoms with Gasteiger partial charge in [-0.25, -0.2) is 4.39 Å². The van der Waals surface area contributed by atoms with Gasteiger partial charge >= 0.3 is 0 Å². The zero-order valence-electron chi connectivity index (χ0n) is 11.4. The molecule has 0 aliphatic carbocycles. The molecule has 0 saturated heterocycles. The zero-order chi connectivity index (χ0) is 15.6. The summed E-state index contributed by atoms with van der Waals surface area (Å²) in [5, 5.41) is 4.25. The largest absolute Gasteiger partial charge is 0.494 e. The topological polar surface area (TPSA) is 21.3 Å². The number of ether oxygens (including phenoxy) is 1. The van der Waals surface area contributed by atoms with E-state index in [0.717, 1.165) is 10.0 Å². The molecule has 0 aliphatic rings. The first-order valence-electron chi connectivity index (χ1n) is 6.17. The first kappa shape index (κ1) is 16.4. The summed E-state index contributed by atoms with van der Waals surface area (Å²) < 4.78 is 19.2. The van der Waals surface area contributed by atoms with E-state index in [1.54, 1.807) is 24.3 Å². The monoisotopic (exact) mass is 391 g/mol. The Balaban J connectivity index is 2.28. The number of hydrogen-bond donors (Lipinski definition) is 1. The van der Waals surface area contributed by atoms with Crippen LogP contribution in [-0.2, 0) is 0 Å². The van der Waals surface area contributed by atoms with Crippen molar-refractivity contribution >= 4 is 44.8 Å². The minimum Gasteiger partial charge on any atom is -0.494 e. The van der Waals surface area contributed by atoms with Crippen LogP contribution in [0.1, 0.15) is 18.5 Å². The molecule has 0 bridgehead atoms. The highest BCUT2D eigenvalue weighted by molar-refractivity contribution is 9.10. The summed E-state index contributed by atoms with van der Waals surface area (Å²) >= 11 is 15.7. The highest BCUT2D eigenvalue weighted by atomic mass is 79.9. The molecule has 2 rings (SSSR count). The summed E-state index contributed by atoms with van der Waals surface area (Å²) in [4.78, 5) is 0. The van der Waals surface area contributed by atoms with Gasteiger partial charge in [-0.15, -0.1) is 0 Å². The average Bonchev–Trinajstić information content (AvgIpc) is 2.43. The maximum Gasteiger partial charge on any atom is 0.165 e. The van der Waals surface area contributed by atoms with E-state index < -0.39 is 5.82 Å². The molecular weight excluding hydrogens is 380 g/mol. The quantitative estimate of drug-likeness (QED) is 0.680. The van der Waals surface area contributed by atoms with Gasteiger partial charge < -0.3 is 10.1 Å². The number of anilines is 1. The van der Waals surface area contributed by atoms with Crippen LogP contribution >= 0.6 is 39.1 Å². The van der Waals surface area contributed by atoms with Gasteiger partial charge in [0, 0.05) is 10.5 Å². The molecule has 1 atom stereocenters.